The Hall–Kier alpha value is -1.70. The maximum atomic E-state index is 12.8. The van der Waals surface area contributed by atoms with Crippen LogP contribution in [0.4, 0.5) is 0 Å². The second kappa shape index (κ2) is 7.04. The van der Waals surface area contributed by atoms with Crippen molar-refractivity contribution in [2.75, 3.05) is 20.1 Å². The Morgan fingerprint density at radius 2 is 1.96 bits per heavy atom. The van der Waals surface area contributed by atoms with Crippen LogP contribution in [0.15, 0.2) is 46.0 Å². The molecule has 1 aromatic carbocycles. The van der Waals surface area contributed by atoms with Gasteiger partial charge in [-0.2, -0.15) is 4.31 Å². The van der Waals surface area contributed by atoms with Gasteiger partial charge in [0, 0.05) is 26.6 Å². The summed E-state index contributed by atoms with van der Waals surface area (Å²) < 4.78 is 27.7. The van der Waals surface area contributed by atoms with Gasteiger partial charge in [0.15, 0.2) is 0 Å². The number of carbonyl (C=O) groups excluding carboxylic acids is 1. The fraction of sp³-hybridized carbons (Fsp3) is 0.450. The van der Waals surface area contributed by atoms with Crippen LogP contribution in [-0.2, 0) is 20.2 Å². The first-order chi connectivity index (χ1) is 13.0. The van der Waals surface area contributed by atoms with Gasteiger partial charge in [-0.05, 0) is 53.2 Å². The zero-order valence-electron chi connectivity index (χ0n) is 15.3. The van der Waals surface area contributed by atoms with Crippen molar-refractivity contribution in [3.8, 4) is 0 Å². The van der Waals surface area contributed by atoms with Gasteiger partial charge in [0.2, 0.25) is 5.91 Å². The van der Waals surface area contributed by atoms with Gasteiger partial charge in [-0.15, -0.1) is 11.3 Å². The Balaban J connectivity index is 1.57. The number of sulfonamides is 1. The Morgan fingerprint density at radius 1 is 1.22 bits per heavy atom. The molecule has 0 bridgehead atoms. The minimum atomic E-state index is -3.39. The summed E-state index contributed by atoms with van der Waals surface area (Å²) in [4.78, 5) is 12.0. The van der Waals surface area contributed by atoms with Crippen LogP contribution in [0, 0.1) is 0 Å². The van der Waals surface area contributed by atoms with E-state index in [-0.39, 0.29) is 17.2 Å². The van der Waals surface area contributed by atoms with Crippen molar-refractivity contribution in [1.29, 1.82) is 0 Å². The molecule has 0 saturated carbocycles. The lowest BCUT2D eigenvalue weighted by molar-refractivity contribution is -0.121. The van der Waals surface area contributed by atoms with E-state index < -0.39 is 10.0 Å². The molecule has 1 amide bonds. The summed E-state index contributed by atoms with van der Waals surface area (Å²) in [6.45, 7) is 1.06. The predicted octanol–water partition coefficient (Wildman–Crippen LogP) is 3.09. The van der Waals surface area contributed by atoms with Crippen LogP contribution in [0.5, 0.6) is 0 Å². The number of thiophene rings is 1. The molecule has 1 unspecified atom stereocenters. The number of piperidine rings is 1. The van der Waals surface area contributed by atoms with Crippen molar-refractivity contribution in [2.45, 2.75) is 41.2 Å². The third kappa shape index (κ3) is 3.22. The van der Waals surface area contributed by atoms with E-state index in [0.717, 1.165) is 19.3 Å². The number of nitrogens with one attached hydrogen (secondary N) is 1. The first-order valence-corrected chi connectivity index (χ1v) is 11.6. The highest BCUT2D eigenvalue weighted by Gasteiger charge is 2.47. The number of benzene rings is 1. The SMILES string of the molecule is CNC(=O)CC1CC2(CCN(S(=O)(=O)c3cccs3)CC2)c2ccccc21. The standard InChI is InChI=1S/C20H24N2O3S2/c1-21-18(23)13-15-14-20(17-6-3-2-5-16(15)17)8-10-22(11-9-20)27(24,25)19-7-4-12-26-19/h2-7,12,15H,8-11,13-14H2,1H3,(H,21,23). The van der Waals surface area contributed by atoms with Gasteiger partial charge in [0.05, 0.1) is 0 Å². The molecule has 144 valence electrons. The molecule has 1 aliphatic carbocycles. The monoisotopic (exact) mass is 404 g/mol. The molecular weight excluding hydrogens is 380 g/mol. The van der Waals surface area contributed by atoms with E-state index in [2.05, 4.69) is 23.5 Å². The van der Waals surface area contributed by atoms with Crippen molar-refractivity contribution >= 4 is 27.3 Å². The zero-order valence-corrected chi connectivity index (χ0v) is 17.0. The molecule has 2 aliphatic rings. The maximum absolute atomic E-state index is 12.8. The van der Waals surface area contributed by atoms with Gasteiger partial charge < -0.3 is 5.32 Å². The van der Waals surface area contributed by atoms with Crippen LogP contribution < -0.4 is 5.32 Å². The van der Waals surface area contributed by atoms with Gasteiger partial charge in [0.25, 0.3) is 10.0 Å². The number of carbonyl (C=O) groups is 1. The van der Waals surface area contributed by atoms with E-state index in [1.165, 1.54) is 22.5 Å². The lowest BCUT2D eigenvalue weighted by atomic mass is 9.73. The molecule has 1 fully saturated rings. The fourth-order valence-electron chi connectivity index (χ4n) is 4.70. The fourth-order valence-corrected chi connectivity index (χ4v) is 7.29. The van der Waals surface area contributed by atoms with Crippen molar-refractivity contribution < 1.29 is 13.2 Å². The number of amides is 1. The number of nitrogens with zero attached hydrogens (tertiary/aromatic N) is 1. The summed E-state index contributed by atoms with van der Waals surface area (Å²) in [5.41, 5.74) is 2.55. The quantitative estimate of drug-likeness (QED) is 0.852. The average molecular weight is 405 g/mol. The van der Waals surface area contributed by atoms with E-state index >= 15 is 0 Å². The van der Waals surface area contributed by atoms with E-state index in [0.29, 0.717) is 23.7 Å². The largest absolute Gasteiger partial charge is 0.359 e. The predicted molar refractivity (Wildman–Crippen MR) is 106 cm³/mol. The summed E-state index contributed by atoms with van der Waals surface area (Å²) in [5.74, 6) is 0.270. The molecular formula is C20H24N2O3S2. The average Bonchev–Trinajstić information content (AvgIpc) is 3.31. The van der Waals surface area contributed by atoms with Gasteiger partial charge in [-0.3, -0.25) is 4.79 Å². The molecule has 1 aromatic heterocycles. The highest BCUT2D eigenvalue weighted by molar-refractivity contribution is 7.91. The lowest BCUT2D eigenvalue weighted by Crippen LogP contribution is -2.44. The third-order valence-electron chi connectivity index (χ3n) is 6.09. The summed E-state index contributed by atoms with van der Waals surface area (Å²) in [6.07, 6.45) is 3.02. The summed E-state index contributed by atoms with van der Waals surface area (Å²) in [7, 11) is -1.72. The summed E-state index contributed by atoms with van der Waals surface area (Å²) in [6, 6.07) is 11.8. The van der Waals surface area contributed by atoms with Gasteiger partial charge in [-0.1, -0.05) is 30.3 Å². The Labute approximate surface area is 164 Å². The normalized spacial score (nSPS) is 21.9. The molecule has 27 heavy (non-hydrogen) atoms. The third-order valence-corrected chi connectivity index (χ3v) is 9.36. The molecule has 2 heterocycles. The number of rotatable bonds is 4. The molecule has 1 atom stereocenters. The molecule has 1 saturated heterocycles. The molecule has 5 nitrogen and oxygen atoms in total. The van der Waals surface area contributed by atoms with Crippen molar-refractivity contribution in [3.63, 3.8) is 0 Å². The van der Waals surface area contributed by atoms with Crippen LogP contribution in [0.1, 0.15) is 42.7 Å². The van der Waals surface area contributed by atoms with E-state index in [1.54, 1.807) is 28.9 Å². The van der Waals surface area contributed by atoms with Crippen LogP contribution in [-0.4, -0.2) is 38.8 Å². The molecule has 0 radical (unpaired) electrons. The van der Waals surface area contributed by atoms with Crippen LogP contribution in [0.25, 0.3) is 0 Å². The summed E-state index contributed by atoms with van der Waals surface area (Å²) >= 11 is 1.27. The topological polar surface area (TPSA) is 66.5 Å². The number of hydrogen-bond acceptors (Lipinski definition) is 4. The molecule has 1 aliphatic heterocycles. The second-order valence-corrected chi connectivity index (χ2v) is 10.6. The van der Waals surface area contributed by atoms with Gasteiger partial charge >= 0.3 is 0 Å². The molecule has 2 aromatic rings. The highest BCUT2D eigenvalue weighted by Crippen LogP contribution is 2.53. The Morgan fingerprint density at radius 3 is 2.63 bits per heavy atom. The van der Waals surface area contributed by atoms with Crippen molar-refractivity contribution in [3.05, 3.63) is 52.9 Å². The van der Waals surface area contributed by atoms with E-state index in [9.17, 15) is 13.2 Å². The highest BCUT2D eigenvalue weighted by atomic mass is 32.2. The Kier molecular flexibility index (Phi) is 4.86. The van der Waals surface area contributed by atoms with Crippen LogP contribution in [0.2, 0.25) is 0 Å². The number of hydrogen-bond donors (Lipinski definition) is 1. The van der Waals surface area contributed by atoms with E-state index in [1.807, 2.05) is 6.07 Å². The molecule has 7 heteroatoms. The lowest BCUT2D eigenvalue weighted by Gasteiger charge is -2.39. The smallest absolute Gasteiger partial charge is 0.252 e. The van der Waals surface area contributed by atoms with Gasteiger partial charge in [-0.25, -0.2) is 8.42 Å². The first kappa shape index (κ1) is 18.7. The second-order valence-electron chi connectivity index (χ2n) is 7.48. The summed E-state index contributed by atoms with van der Waals surface area (Å²) in [5, 5.41) is 4.53. The molecule has 1 N–H and O–H groups in total. The van der Waals surface area contributed by atoms with Crippen LogP contribution >= 0.6 is 11.3 Å². The molecule has 4 rings (SSSR count). The maximum Gasteiger partial charge on any atom is 0.252 e. The minimum Gasteiger partial charge on any atom is -0.359 e. The first-order valence-electron chi connectivity index (χ1n) is 9.30. The minimum absolute atomic E-state index is 0.0171. The number of fused-ring (bicyclic) bond motifs is 2. The zero-order chi connectivity index (χ0) is 19.1. The van der Waals surface area contributed by atoms with Crippen molar-refractivity contribution in [1.82, 2.24) is 9.62 Å². The Bertz CT molecular complexity index is 930. The molecule has 1 spiro atoms. The van der Waals surface area contributed by atoms with Gasteiger partial charge in [0.1, 0.15) is 4.21 Å². The van der Waals surface area contributed by atoms with E-state index in [4.69, 9.17) is 0 Å². The van der Waals surface area contributed by atoms with Crippen molar-refractivity contribution in [2.24, 2.45) is 0 Å². The van der Waals surface area contributed by atoms with Crippen LogP contribution in [0.3, 0.4) is 0 Å².